The van der Waals surface area contributed by atoms with Gasteiger partial charge in [0.25, 0.3) is 0 Å². The molecule has 2 unspecified atom stereocenters. The van der Waals surface area contributed by atoms with Crippen LogP contribution in [0.3, 0.4) is 0 Å². The fourth-order valence-electron chi connectivity index (χ4n) is 8.07. The van der Waals surface area contributed by atoms with Crippen molar-refractivity contribution in [2.75, 3.05) is 0 Å². The second-order valence-corrected chi connectivity index (χ2v) is 11.2. The van der Waals surface area contributed by atoms with Crippen molar-refractivity contribution in [2.45, 2.75) is 97.6 Å². The Morgan fingerprint density at radius 2 is 1.89 bits per heavy atom. The van der Waals surface area contributed by atoms with E-state index in [0.717, 1.165) is 44.4 Å². The summed E-state index contributed by atoms with van der Waals surface area (Å²) in [5, 5.41) is 0. The highest BCUT2D eigenvalue weighted by Gasteiger charge is 2.61. The van der Waals surface area contributed by atoms with E-state index in [2.05, 4.69) is 20.8 Å². The minimum Gasteiger partial charge on any atom is -0.462 e. The number of ether oxygens (including phenoxy) is 1. The van der Waals surface area contributed by atoms with Gasteiger partial charge in [0.1, 0.15) is 11.9 Å². The van der Waals surface area contributed by atoms with Crippen LogP contribution < -0.4 is 5.73 Å². The Balaban J connectivity index is 1.50. The van der Waals surface area contributed by atoms with Crippen molar-refractivity contribution in [1.82, 2.24) is 0 Å². The van der Waals surface area contributed by atoms with Crippen molar-refractivity contribution in [1.29, 1.82) is 0 Å². The third-order valence-corrected chi connectivity index (χ3v) is 9.48. The summed E-state index contributed by atoms with van der Waals surface area (Å²) in [6.07, 6.45) is 8.96. The van der Waals surface area contributed by atoms with Crippen molar-refractivity contribution >= 4 is 11.8 Å². The molecule has 0 aliphatic heterocycles. The molecule has 0 radical (unpaired) electrons. The molecule has 4 aliphatic rings. The van der Waals surface area contributed by atoms with Crippen LogP contribution >= 0.6 is 0 Å². The lowest BCUT2D eigenvalue weighted by Gasteiger charge is -2.62. The van der Waals surface area contributed by atoms with E-state index in [9.17, 15) is 9.59 Å². The highest BCUT2D eigenvalue weighted by molar-refractivity contribution is 5.87. The Labute approximate surface area is 170 Å². The number of esters is 1. The van der Waals surface area contributed by atoms with Gasteiger partial charge in [-0.15, -0.1) is 0 Å². The molecule has 0 aromatic carbocycles. The average molecular weight is 390 g/mol. The molecule has 9 atom stereocenters. The molecule has 0 bridgehead atoms. The molecule has 28 heavy (non-hydrogen) atoms. The predicted octanol–water partition coefficient (Wildman–Crippen LogP) is 4.49. The molecule has 0 amide bonds. The number of fused-ring (bicyclic) bond motifs is 5. The predicted molar refractivity (Wildman–Crippen MR) is 109 cm³/mol. The molecule has 0 spiro atoms. The Hall–Kier alpha value is -0.900. The van der Waals surface area contributed by atoms with Gasteiger partial charge in [0.05, 0.1) is 6.42 Å². The summed E-state index contributed by atoms with van der Waals surface area (Å²) in [5.41, 5.74) is 6.05. The largest absolute Gasteiger partial charge is 0.462 e. The number of Topliss-reactive ketones (excluding diaryl/α,β-unsaturated/α-hetero) is 1. The Morgan fingerprint density at radius 3 is 2.61 bits per heavy atom. The maximum Gasteiger partial charge on any atom is 0.307 e. The van der Waals surface area contributed by atoms with Crippen LogP contribution in [-0.2, 0) is 14.3 Å². The van der Waals surface area contributed by atoms with Gasteiger partial charge in [0.2, 0.25) is 0 Å². The van der Waals surface area contributed by atoms with E-state index in [-0.39, 0.29) is 23.5 Å². The molecule has 4 aliphatic carbocycles. The Morgan fingerprint density at radius 1 is 1.14 bits per heavy atom. The normalized spacial score (nSPS) is 49.0. The third kappa shape index (κ3) is 3.14. The first-order valence-electron chi connectivity index (χ1n) is 11.6. The fourth-order valence-corrected chi connectivity index (χ4v) is 8.07. The summed E-state index contributed by atoms with van der Waals surface area (Å²) < 4.78 is 5.82. The molecule has 0 saturated heterocycles. The molecule has 4 saturated carbocycles. The maximum atomic E-state index is 12.6. The molecule has 4 heteroatoms. The number of carbonyl (C=O) groups excluding carboxylic acids is 2. The number of ketones is 1. The van der Waals surface area contributed by atoms with Crippen LogP contribution in [0.2, 0.25) is 0 Å². The minimum absolute atomic E-state index is 0.0459. The summed E-state index contributed by atoms with van der Waals surface area (Å²) in [6.45, 7) is 9.04. The lowest BCUT2D eigenvalue weighted by atomic mass is 9.43. The van der Waals surface area contributed by atoms with Crippen LogP contribution in [0.4, 0.5) is 0 Å². The molecule has 0 aromatic heterocycles. The third-order valence-electron chi connectivity index (χ3n) is 9.48. The first-order valence-corrected chi connectivity index (χ1v) is 11.6. The summed E-state index contributed by atoms with van der Waals surface area (Å²) in [4.78, 5) is 24.7. The second-order valence-electron chi connectivity index (χ2n) is 11.2. The van der Waals surface area contributed by atoms with Crippen LogP contribution in [0.5, 0.6) is 0 Å². The molecule has 0 aromatic rings. The topological polar surface area (TPSA) is 69.4 Å². The minimum atomic E-state index is -0.138. The zero-order chi connectivity index (χ0) is 20.3. The van der Waals surface area contributed by atoms with Gasteiger partial charge < -0.3 is 10.5 Å². The number of hydrogen-bond donors (Lipinski definition) is 1. The van der Waals surface area contributed by atoms with Gasteiger partial charge in [-0.05, 0) is 86.9 Å². The number of carbonyl (C=O) groups is 2. The van der Waals surface area contributed by atoms with Gasteiger partial charge in [-0.3, -0.25) is 9.59 Å². The molecule has 158 valence electrons. The van der Waals surface area contributed by atoms with E-state index >= 15 is 0 Å². The molecule has 4 rings (SSSR count). The first-order chi connectivity index (χ1) is 13.1. The second kappa shape index (κ2) is 7.11. The zero-order valence-corrected chi connectivity index (χ0v) is 18.2. The maximum absolute atomic E-state index is 12.6. The molecule has 4 fully saturated rings. The van der Waals surface area contributed by atoms with E-state index in [0.29, 0.717) is 41.3 Å². The van der Waals surface area contributed by atoms with E-state index in [1.54, 1.807) is 0 Å². The quantitative estimate of drug-likeness (QED) is 0.722. The highest BCUT2D eigenvalue weighted by Crippen LogP contribution is 2.66. The molecule has 4 nitrogen and oxygen atoms in total. The van der Waals surface area contributed by atoms with Crippen molar-refractivity contribution in [2.24, 2.45) is 46.2 Å². The van der Waals surface area contributed by atoms with E-state index in [1.807, 2.05) is 6.92 Å². The van der Waals surface area contributed by atoms with Crippen molar-refractivity contribution in [3.05, 3.63) is 0 Å². The van der Waals surface area contributed by atoms with Gasteiger partial charge in [-0.2, -0.15) is 0 Å². The van der Waals surface area contributed by atoms with E-state index in [4.69, 9.17) is 10.5 Å². The van der Waals surface area contributed by atoms with Crippen LogP contribution in [-0.4, -0.2) is 23.9 Å². The lowest BCUT2D eigenvalue weighted by Crippen LogP contribution is -2.56. The lowest BCUT2D eigenvalue weighted by molar-refractivity contribution is -0.169. The number of hydrogen-bond acceptors (Lipinski definition) is 4. The highest BCUT2D eigenvalue weighted by atomic mass is 16.5. The SMILES string of the molecule is CC(N)CC(=O)O[C@H]1CC[C@@]2(C)C(C1)[C@@H](C)C[C@@H]1[C@@H]2CC[C@]2(C)C(=O)CC[C@@H]12. The standard InChI is InChI=1S/C24H39NO3/c1-14-11-17-18-5-6-21(26)24(18,4)10-8-19(17)23(3)9-7-16(13-20(14)23)28-22(27)12-15(2)25/h14-20H,5-13,25H2,1-4H3/t14-,15?,16-,17-,18-,19-,20?,23+,24-/m0/s1. The summed E-state index contributed by atoms with van der Waals surface area (Å²) in [7, 11) is 0. The average Bonchev–Trinajstić information content (AvgIpc) is 2.91. The van der Waals surface area contributed by atoms with Gasteiger partial charge in [0, 0.05) is 17.9 Å². The summed E-state index contributed by atoms with van der Waals surface area (Å²) in [5.74, 6) is 3.69. The monoisotopic (exact) mass is 389 g/mol. The van der Waals surface area contributed by atoms with Crippen molar-refractivity contribution < 1.29 is 14.3 Å². The fraction of sp³-hybridized carbons (Fsp3) is 0.917. The van der Waals surface area contributed by atoms with E-state index < -0.39 is 0 Å². The molecule has 2 N–H and O–H groups in total. The van der Waals surface area contributed by atoms with Crippen LogP contribution in [0.25, 0.3) is 0 Å². The van der Waals surface area contributed by atoms with Crippen molar-refractivity contribution in [3.63, 3.8) is 0 Å². The number of rotatable bonds is 3. The molecular weight excluding hydrogens is 350 g/mol. The Kier molecular flexibility index (Phi) is 5.17. The smallest absolute Gasteiger partial charge is 0.307 e. The van der Waals surface area contributed by atoms with Gasteiger partial charge >= 0.3 is 5.97 Å². The van der Waals surface area contributed by atoms with E-state index in [1.165, 1.54) is 12.8 Å². The van der Waals surface area contributed by atoms with Crippen LogP contribution in [0, 0.1) is 40.4 Å². The number of nitrogens with two attached hydrogens (primary N) is 1. The summed E-state index contributed by atoms with van der Waals surface area (Å²) >= 11 is 0. The Bertz CT molecular complexity index is 646. The van der Waals surface area contributed by atoms with Crippen molar-refractivity contribution in [3.8, 4) is 0 Å². The van der Waals surface area contributed by atoms with Gasteiger partial charge in [-0.1, -0.05) is 20.8 Å². The first kappa shape index (κ1) is 20.4. The van der Waals surface area contributed by atoms with Gasteiger partial charge in [-0.25, -0.2) is 0 Å². The van der Waals surface area contributed by atoms with Crippen LogP contribution in [0.1, 0.15) is 85.5 Å². The van der Waals surface area contributed by atoms with Gasteiger partial charge in [0.15, 0.2) is 0 Å². The zero-order valence-electron chi connectivity index (χ0n) is 18.2. The van der Waals surface area contributed by atoms with Crippen LogP contribution in [0.15, 0.2) is 0 Å². The molecular formula is C24H39NO3. The molecule has 0 heterocycles. The summed E-state index contributed by atoms with van der Waals surface area (Å²) in [6, 6.07) is -0.138.